The molecule has 2 heterocycles. The third kappa shape index (κ3) is 3.39. The molecule has 0 saturated carbocycles. The van der Waals surface area contributed by atoms with Crippen LogP contribution in [0.4, 0.5) is 0 Å². The number of carboxylic acids is 1. The maximum atomic E-state index is 12.4. The van der Waals surface area contributed by atoms with Crippen LogP contribution in [-0.2, 0) is 0 Å². The first-order valence-corrected chi connectivity index (χ1v) is 7.30. The molecule has 21 heavy (non-hydrogen) atoms. The molecule has 6 nitrogen and oxygen atoms in total. The second-order valence-corrected chi connectivity index (χ2v) is 5.13. The lowest BCUT2D eigenvalue weighted by atomic mass is 10.2. The number of aromatic nitrogens is 1. The number of pyridine rings is 1. The van der Waals surface area contributed by atoms with Crippen LogP contribution in [0.25, 0.3) is 0 Å². The molecule has 0 aromatic carbocycles. The lowest BCUT2D eigenvalue weighted by Gasteiger charge is -2.26. The quantitative estimate of drug-likeness (QED) is 0.886. The summed E-state index contributed by atoms with van der Waals surface area (Å²) in [5, 5.41) is 8.94. The fraction of sp³-hybridized carbons (Fsp3) is 0.533. The van der Waals surface area contributed by atoms with Crippen molar-refractivity contribution < 1.29 is 14.7 Å². The smallest absolute Gasteiger partial charge is 0.354 e. The van der Waals surface area contributed by atoms with Gasteiger partial charge in [-0.2, -0.15) is 0 Å². The molecule has 0 bridgehead atoms. The minimum atomic E-state index is -1.12. The molecular weight excluding hydrogens is 270 g/mol. The normalized spacial score (nSPS) is 18.2. The summed E-state index contributed by atoms with van der Waals surface area (Å²) in [4.78, 5) is 31.4. The molecule has 1 saturated heterocycles. The number of carbonyl (C=O) groups excluding carboxylic acids is 1. The van der Waals surface area contributed by atoms with Crippen molar-refractivity contribution in [2.24, 2.45) is 0 Å². The van der Waals surface area contributed by atoms with Gasteiger partial charge in [0.05, 0.1) is 0 Å². The number of likely N-dealkylation sites (tertiary alicyclic amines) is 1. The lowest BCUT2D eigenvalue weighted by Crippen LogP contribution is -2.38. The molecule has 114 valence electrons. The Labute approximate surface area is 124 Å². The van der Waals surface area contributed by atoms with Gasteiger partial charge in [-0.3, -0.25) is 9.69 Å². The van der Waals surface area contributed by atoms with E-state index in [2.05, 4.69) is 23.7 Å². The predicted octanol–water partition coefficient (Wildman–Crippen LogP) is 1.34. The Balaban J connectivity index is 2.08. The van der Waals surface area contributed by atoms with Gasteiger partial charge < -0.3 is 10.0 Å². The second-order valence-electron chi connectivity index (χ2n) is 5.13. The largest absolute Gasteiger partial charge is 0.477 e. The van der Waals surface area contributed by atoms with Crippen molar-refractivity contribution >= 4 is 11.9 Å². The first kappa shape index (κ1) is 15.4. The zero-order valence-corrected chi connectivity index (χ0v) is 12.5. The van der Waals surface area contributed by atoms with Crippen molar-refractivity contribution in [2.45, 2.75) is 26.3 Å². The highest BCUT2D eigenvalue weighted by molar-refractivity contribution is 5.94. The van der Waals surface area contributed by atoms with Crippen LogP contribution in [0, 0.1) is 0 Å². The number of likely N-dealkylation sites (N-methyl/N-ethyl adjacent to an activating group) is 1. The van der Waals surface area contributed by atoms with Crippen LogP contribution in [0.5, 0.6) is 0 Å². The number of rotatable bonds is 5. The second kappa shape index (κ2) is 6.67. The van der Waals surface area contributed by atoms with Crippen molar-refractivity contribution in [3.8, 4) is 0 Å². The van der Waals surface area contributed by atoms with Gasteiger partial charge >= 0.3 is 5.97 Å². The number of amides is 1. The standard InChI is InChI=1S/C15H21N3O3/c1-3-17(4-2)11-8-9-18(10-11)14(19)12-6-5-7-13(16-12)15(20)21/h5-7,11H,3-4,8-10H2,1-2H3,(H,20,21). The number of carbonyl (C=O) groups is 2. The van der Waals surface area contributed by atoms with Gasteiger partial charge in [0.15, 0.2) is 0 Å². The fourth-order valence-electron chi connectivity index (χ4n) is 2.80. The van der Waals surface area contributed by atoms with E-state index in [4.69, 9.17) is 5.11 Å². The van der Waals surface area contributed by atoms with E-state index in [9.17, 15) is 9.59 Å². The van der Waals surface area contributed by atoms with Gasteiger partial charge in [0.1, 0.15) is 11.4 Å². The van der Waals surface area contributed by atoms with Gasteiger partial charge in [0, 0.05) is 19.1 Å². The third-order valence-corrected chi connectivity index (χ3v) is 3.97. The minimum Gasteiger partial charge on any atom is -0.477 e. The van der Waals surface area contributed by atoms with Gasteiger partial charge in [0.25, 0.3) is 5.91 Å². The summed E-state index contributed by atoms with van der Waals surface area (Å²) < 4.78 is 0. The molecule has 1 fully saturated rings. The molecule has 1 unspecified atom stereocenters. The van der Waals surface area contributed by atoms with Crippen molar-refractivity contribution in [3.05, 3.63) is 29.6 Å². The molecule has 0 aliphatic carbocycles. The average Bonchev–Trinajstić information content (AvgIpc) is 2.97. The highest BCUT2D eigenvalue weighted by atomic mass is 16.4. The summed E-state index contributed by atoms with van der Waals surface area (Å²) in [5.74, 6) is -1.31. The summed E-state index contributed by atoms with van der Waals surface area (Å²) in [6, 6.07) is 4.90. The van der Waals surface area contributed by atoms with Gasteiger partial charge in [0.2, 0.25) is 0 Å². The molecule has 1 atom stereocenters. The molecule has 0 radical (unpaired) electrons. The first-order valence-electron chi connectivity index (χ1n) is 7.30. The molecule has 1 N–H and O–H groups in total. The predicted molar refractivity (Wildman–Crippen MR) is 78.4 cm³/mol. The number of aromatic carboxylic acids is 1. The zero-order chi connectivity index (χ0) is 15.4. The Morgan fingerprint density at radius 3 is 2.62 bits per heavy atom. The minimum absolute atomic E-state index is 0.0969. The van der Waals surface area contributed by atoms with E-state index in [1.54, 1.807) is 17.0 Å². The number of nitrogens with zero attached hydrogens (tertiary/aromatic N) is 3. The van der Waals surface area contributed by atoms with E-state index in [-0.39, 0.29) is 17.3 Å². The van der Waals surface area contributed by atoms with Gasteiger partial charge in [-0.1, -0.05) is 19.9 Å². The highest BCUT2D eigenvalue weighted by Crippen LogP contribution is 2.17. The lowest BCUT2D eigenvalue weighted by molar-refractivity contribution is 0.0690. The average molecular weight is 291 g/mol. The molecule has 2 rings (SSSR count). The Hall–Kier alpha value is -1.95. The summed E-state index contributed by atoms with van der Waals surface area (Å²) in [6.07, 6.45) is 0.950. The van der Waals surface area contributed by atoms with Crippen LogP contribution in [0.1, 0.15) is 41.2 Å². The van der Waals surface area contributed by atoms with Gasteiger partial charge in [-0.15, -0.1) is 0 Å². The molecular formula is C15H21N3O3. The molecule has 0 spiro atoms. The van der Waals surface area contributed by atoms with E-state index in [0.29, 0.717) is 19.1 Å². The molecule has 1 aromatic rings. The number of carboxylic acid groups (broad SMARTS) is 1. The van der Waals surface area contributed by atoms with E-state index in [1.165, 1.54) is 6.07 Å². The van der Waals surface area contributed by atoms with E-state index < -0.39 is 5.97 Å². The van der Waals surface area contributed by atoms with Crippen LogP contribution in [0.15, 0.2) is 18.2 Å². The van der Waals surface area contributed by atoms with Crippen molar-refractivity contribution in [1.82, 2.24) is 14.8 Å². The Morgan fingerprint density at radius 2 is 2.00 bits per heavy atom. The summed E-state index contributed by atoms with van der Waals surface area (Å²) in [7, 11) is 0. The third-order valence-electron chi connectivity index (χ3n) is 3.97. The monoisotopic (exact) mass is 291 g/mol. The zero-order valence-electron chi connectivity index (χ0n) is 12.5. The van der Waals surface area contributed by atoms with E-state index >= 15 is 0 Å². The van der Waals surface area contributed by atoms with Crippen molar-refractivity contribution in [2.75, 3.05) is 26.2 Å². The van der Waals surface area contributed by atoms with E-state index in [0.717, 1.165) is 19.5 Å². The molecule has 1 aliphatic heterocycles. The van der Waals surface area contributed by atoms with Gasteiger partial charge in [-0.25, -0.2) is 9.78 Å². The Bertz CT molecular complexity index is 529. The van der Waals surface area contributed by atoms with Crippen LogP contribution in [0.2, 0.25) is 0 Å². The maximum absolute atomic E-state index is 12.4. The molecule has 1 aromatic heterocycles. The molecule has 1 aliphatic rings. The highest BCUT2D eigenvalue weighted by Gasteiger charge is 2.30. The van der Waals surface area contributed by atoms with Crippen LogP contribution in [-0.4, -0.2) is 64.0 Å². The fourth-order valence-corrected chi connectivity index (χ4v) is 2.80. The molecule has 1 amide bonds. The van der Waals surface area contributed by atoms with Crippen LogP contribution in [0.3, 0.4) is 0 Å². The van der Waals surface area contributed by atoms with Gasteiger partial charge in [-0.05, 0) is 31.6 Å². The Kier molecular flexibility index (Phi) is 4.90. The van der Waals surface area contributed by atoms with E-state index in [1.807, 2.05) is 0 Å². The number of hydrogen-bond donors (Lipinski definition) is 1. The van der Waals surface area contributed by atoms with Crippen molar-refractivity contribution in [3.63, 3.8) is 0 Å². The van der Waals surface area contributed by atoms with Crippen molar-refractivity contribution in [1.29, 1.82) is 0 Å². The summed E-state index contributed by atoms with van der Waals surface area (Å²) >= 11 is 0. The SMILES string of the molecule is CCN(CC)C1CCN(C(=O)c2cccc(C(=O)O)n2)C1. The summed E-state index contributed by atoms with van der Waals surface area (Å²) in [5.41, 5.74) is 0.107. The van der Waals surface area contributed by atoms with Crippen LogP contribution >= 0.6 is 0 Å². The van der Waals surface area contributed by atoms with Crippen LogP contribution < -0.4 is 0 Å². The summed E-state index contributed by atoms with van der Waals surface area (Å²) in [6.45, 7) is 7.54. The first-order chi connectivity index (χ1) is 10.1. The number of hydrogen-bond acceptors (Lipinski definition) is 4. The maximum Gasteiger partial charge on any atom is 0.354 e. The Morgan fingerprint density at radius 1 is 1.33 bits per heavy atom. The topological polar surface area (TPSA) is 73.7 Å². The molecule has 6 heteroatoms.